The van der Waals surface area contributed by atoms with Gasteiger partial charge in [-0.3, -0.25) is 9.78 Å². The van der Waals surface area contributed by atoms with Crippen molar-refractivity contribution in [2.75, 3.05) is 0 Å². The summed E-state index contributed by atoms with van der Waals surface area (Å²) in [4.78, 5) is 16.0. The van der Waals surface area contributed by atoms with Gasteiger partial charge in [0.15, 0.2) is 23.2 Å². The molecule has 120 valence electrons. The lowest BCUT2D eigenvalue weighted by Crippen LogP contribution is -2.05. The zero-order chi connectivity index (χ0) is 17.1. The van der Waals surface area contributed by atoms with E-state index in [-0.39, 0.29) is 16.9 Å². The third kappa shape index (κ3) is 3.12. The van der Waals surface area contributed by atoms with Gasteiger partial charge < -0.3 is 4.74 Å². The Morgan fingerprint density at radius 3 is 2.29 bits per heavy atom. The normalized spacial score (nSPS) is 10.5. The van der Waals surface area contributed by atoms with Gasteiger partial charge in [0.25, 0.3) is 0 Å². The van der Waals surface area contributed by atoms with Crippen LogP contribution in [0.3, 0.4) is 0 Å². The van der Waals surface area contributed by atoms with Gasteiger partial charge in [0.1, 0.15) is 11.6 Å². The summed E-state index contributed by atoms with van der Waals surface area (Å²) in [6, 6.07) is 9.65. The number of halogens is 3. The van der Waals surface area contributed by atoms with Gasteiger partial charge >= 0.3 is 0 Å². The fourth-order valence-corrected chi connectivity index (χ4v) is 2.09. The van der Waals surface area contributed by atoms with Crippen LogP contribution in [-0.4, -0.2) is 10.8 Å². The molecule has 0 atom stereocenters. The second-order valence-electron chi connectivity index (χ2n) is 4.87. The van der Waals surface area contributed by atoms with Crippen LogP contribution < -0.4 is 4.74 Å². The van der Waals surface area contributed by atoms with Crippen LogP contribution in [0.5, 0.6) is 11.5 Å². The van der Waals surface area contributed by atoms with Crippen molar-refractivity contribution in [2.24, 2.45) is 0 Å². The zero-order valence-corrected chi connectivity index (χ0v) is 12.2. The minimum atomic E-state index is -0.911. The highest BCUT2D eigenvalue weighted by atomic mass is 19.1. The van der Waals surface area contributed by atoms with Gasteiger partial charge in [-0.15, -0.1) is 0 Å². The predicted octanol–water partition coefficient (Wildman–Crippen LogP) is 4.52. The molecule has 0 fully saturated rings. The molecule has 0 unspecified atom stereocenters. The first-order valence-corrected chi connectivity index (χ1v) is 6.92. The molecule has 1 aromatic heterocycles. The molecule has 0 bridgehead atoms. The molecular formula is C18H10F3NO2. The molecule has 3 aromatic rings. The van der Waals surface area contributed by atoms with Gasteiger partial charge in [0.05, 0.1) is 5.56 Å². The Kier molecular flexibility index (Phi) is 4.29. The number of hydrogen-bond acceptors (Lipinski definition) is 3. The molecule has 0 aliphatic rings. The van der Waals surface area contributed by atoms with E-state index in [1.54, 1.807) is 6.07 Å². The zero-order valence-electron chi connectivity index (χ0n) is 12.2. The van der Waals surface area contributed by atoms with Gasteiger partial charge in [-0.2, -0.15) is 0 Å². The van der Waals surface area contributed by atoms with Crippen molar-refractivity contribution in [3.8, 4) is 11.5 Å². The van der Waals surface area contributed by atoms with Crippen molar-refractivity contribution in [1.82, 2.24) is 4.98 Å². The van der Waals surface area contributed by atoms with Gasteiger partial charge in [-0.25, -0.2) is 13.2 Å². The predicted molar refractivity (Wildman–Crippen MR) is 80.5 cm³/mol. The van der Waals surface area contributed by atoms with Gasteiger partial charge in [0, 0.05) is 24.0 Å². The Bertz CT molecular complexity index is 878. The fraction of sp³-hybridized carbons (Fsp3) is 0. The van der Waals surface area contributed by atoms with E-state index in [4.69, 9.17) is 4.74 Å². The molecule has 3 rings (SSSR count). The number of nitrogens with zero attached hydrogens (tertiary/aromatic N) is 1. The van der Waals surface area contributed by atoms with Crippen LogP contribution in [0, 0.1) is 17.5 Å². The van der Waals surface area contributed by atoms with Crippen LogP contribution in [0.1, 0.15) is 15.9 Å². The molecule has 24 heavy (non-hydrogen) atoms. The monoisotopic (exact) mass is 329 g/mol. The molecule has 0 radical (unpaired) electrons. The van der Waals surface area contributed by atoms with Crippen LogP contribution in [0.2, 0.25) is 0 Å². The van der Waals surface area contributed by atoms with Crippen LogP contribution >= 0.6 is 0 Å². The van der Waals surface area contributed by atoms with E-state index >= 15 is 0 Å². The lowest BCUT2D eigenvalue weighted by atomic mass is 10.0. The second-order valence-corrected chi connectivity index (χ2v) is 4.87. The number of benzene rings is 2. The SMILES string of the molecule is O=C(c1cccnc1)c1ccc(Oc2c(F)cccc2F)cc1F. The van der Waals surface area contributed by atoms with E-state index in [1.807, 2.05) is 0 Å². The molecule has 6 heteroatoms. The van der Waals surface area contributed by atoms with Crippen molar-refractivity contribution in [3.63, 3.8) is 0 Å². The Morgan fingerprint density at radius 1 is 0.917 bits per heavy atom. The largest absolute Gasteiger partial charge is 0.451 e. The van der Waals surface area contributed by atoms with E-state index in [9.17, 15) is 18.0 Å². The van der Waals surface area contributed by atoms with E-state index in [2.05, 4.69) is 4.98 Å². The first-order chi connectivity index (χ1) is 11.6. The number of hydrogen-bond donors (Lipinski definition) is 0. The summed E-state index contributed by atoms with van der Waals surface area (Å²) in [5, 5.41) is 0. The van der Waals surface area contributed by atoms with Crippen molar-refractivity contribution >= 4 is 5.78 Å². The summed E-state index contributed by atoms with van der Waals surface area (Å²) in [7, 11) is 0. The molecule has 0 aliphatic carbocycles. The first-order valence-electron chi connectivity index (χ1n) is 6.92. The standard InChI is InChI=1S/C18H10F3NO2/c19-14-4-1-5-15(20)18(14)24-12-6-7-13(16(21)9-12)17(23)11-3-2-8-22-10-11/h1-10H. The number of carbonyl (C=O) groups excluding carboxylic acids is 1. The topological polar surface area (TPSA) is 39.2 Å². The Hall–Kier alpha value is -3.15. The summed E-state index contributed by atoms with van der Waals surface area (Å²) in [6.07, 6.45) is 2.81. The van der Waals surface area contributed by atoms with E-state index in [0.29, 0.717) is 0 Å². The second kappa shape index (κ2) is 6.54. The quantitative estimate of drug-likeness (QED) is 0.661. The summed E-state index contributed by atoms with van der Waals surface area (Å²) in [5.74, 6) is -4.00. The third-order valence-corrected chi connectivity index (χ3v) is 3.25. The molecule has 0 aliphatic heterocycles. The number of carbonyl (C=O) groups is 1. The molecule has 1 heterocycles. The van der Waals surface area contributed by atoms with Crippen molar-refractivity contribution in [3.05, 3.63) is 89.5 Å². The smallest absolute Gasteiger partial charge is 0.198 e. The number of para-hydroxylation sites is 1. The Labute approximate surface area is 135 Å². The van der Waals surface area contributed by atoms with E-state index < -0.39 is 29.0 Å². The first kappa shape index (κ1) is 15.7. The van der Waals surface area contributed by atoms with Crippen LogP contribution in [-0.2, 0) is 0 Å². The molecule has 0 spiro atoms. The highest BCUT2D eigenvalue weighted by molar-refractivity contribution is 6.09. The molecule has 3 nitrogen and oxygen atoms in total. The number of ether oxygens (including phenoxy) is 1. The fourth-order valence-electron chi connectivity index (χ4n) is 2.09. The highest BCUT2D eigenvalue weighted by Crippen LogP contribution is 2.28. The summed E-state index contributed by atoms with van der Waals surface area (Å²) < 4.78 is 46.3. The number of aromatic nitrogens is 1. The lowest BCUT2D eigenvalue weighted by molar-refractivity contribution is 0.103. The van der Waals surface area contributed by atoms with Crippen LogP contribution in [0.15, 0.2) is 60.9 Å². The average Bonchev–Trinajstić information content (AvgIpc) is 2.59. The van der Waals surface area contributed by atoms with E-state index in [1.165, 1.54) is 36.7 Å². The minimum absolute atomic E-state index is 0.126. The molecule has 0 N–H and O–H groups in total. The van der Waals surface area contributed by atoms with Crippen molar-refractivity contribution in [1.29, 1.82) is 0 Å². The number of ketones is 1. The Morgan fingerprint density at radius 2 is 1.67 bits per heavy atom. The third-order valence-electron chi connectivity index (χ3n) is 3.25. The lowest BCUT2D eigenvalue weighted by Gasteiger charge is -2.09. The Balaban J connectivity index is 1.89. The number of pyridine rings is 1. The summed E-state index contributed by atoms with van der Waals surface area (Å²) >= 11 is 0. The van der Waals surface area contributed by atoms with E-state index in [0.717, 1.165) is 18.2 Å². The summed E-state index contributed by atoms with van der Waals surface area (Å²) in [6.45, 7) is 0. The summed E-state index contributed by atoms with van der Waals surface area (Å²) in [5.41, 5.74) is 0.0366. The molecule has 0 saturated carbocycles. The number of rotatable bonds is 4. The van der Waals surface area contributed by atoms with Crippen LogP contribution in [0.25, 0.3) is 0 Å². The molecule has 0 saturated heterocycles. The average molecular weight is 329 g/mol. The highest BCUT2D eigenvalue weighted by Gasteiger charge is 2.16. The van der Waals surface area contributed by atoms with Gasteiger partial charge in [-0.05, 0) is 36.4 Å². The van der Waals surface area contributed by atoms with Crippen LogP contribution in [0.4, 0.5) is 13.2 Å². The van der Waals surface area contributed by atoms with Crippen molar-refractivity contribution < 1.29 is 22.7 Å². The maximum absolute atomic E-state index is 14.2. The maximum Gasteiger partial charge on any atom is 0.198 e. The van der Waals surface area contributed by atoms with Crippen molar-refractivity contribution in [2.45, 2.75) is 0 Å². The molecular weight excluding hydrogens is 319 g/mol. The van der Waals surface area contributed by atoms with Gasteiger partial charge in [0.2, 0.25) is 0 Å². The molecule has 2 aromatic carbocycles. The maximum atomic E-state index is 14.2. The molecule has 0 amide bonds. The minimum Gasteiger partial charge on any atom is -0.451 e. The van der Waals surface area contributed by atoms with Gasteiger partial charge in [-0.1, -0.05) is 6.07 Å².